The molecule has 0 aliphatic carbocycles. The number of nitrogens with one attached hydrogen (secondary N) is 1. The lowest BCUT2D eigenvalue weighted by Crippen LogP contribution is -2.38. The smallest absolute Gasteiger partial charge is 0.251 e. The summed E-state index contributed by atoms with van der Waals surface area (Å²) in [5, 5.41) is 7.25. The molecule has 0 unspecified atom stereocenters. The van der Waals surface area contributed by atoms with E-state index >= 15 is 0 Å². The third kappa shape index (κ3) is 4.62. The monoisotopic (exact) mass is 332 g/mol. The van der Waals surface area contributed by atoms with Gasteiger partial charge in [-0.3, -0.25) is 9.69 Å². The molecule has 1 aliphatic rings. The summed E-state index contributed by atoms with van der Waals surface area (Å²) in [7, 11) is 0. The fourth-order valence-corrected chi connectivity index (χ4v) is 3.62. The van der Waals surface area contributed by atoms with Gasteiger partial charge in [-0.1, -0.05) is 6.07 Å². The molecule has 1 aromatic carbocycles. The number of benzene rings is 1. The van der Waals surface area contributed by atoms with Crippen molar-refractivity contribution in [3.05, 3.63) is 58.0 Å². The minimum atomic E-state index is -0.376. The second-order valence-corrected chi connectivity index (χ2v) is 6.85. The molecule has 1 saturated heterocycles. The van der Waals surface area contributed by atoms with Crippen molar-refractivity contribution in [1.82, 2.24) is 10.2 Å². The first kappa shape index (κ1) is 16.1. The van der Waals surface area contributed by atoms with Gasteiger partial charge in [-0.15, -0.1) is 0 Å². The van der Waals surface area contributed by atoms with Crippen LogP contribution >= 0.6 is 11.3 Å². The lowest BCUT2D eigenvalue weighted by molar-refractivity contribution is 0.0935. The van der Waals surface area contributed by atoms with Crippen LogP contribution in [0.1, 0.15) is 28.8 Å². The van der Waals surface area contributed by atoms with Crippen molar-refractivity contribution in [2.45, 2.75) is 19.4 Å². The first-order chi connectivity index (χ1) is 11.2. The van der Waals surface area contributed by atoms with Gasteiger partial charge < -0.3 is 5.32 Å². The van der Waals surface area contributed by atoms with Crippen LogP contribution in [0.4, 0.5) is 4.39 Å². The lowest BCUT2D eigenvalue weighted by atomic mass is 9.96. The van der Waals surface area contributed by atoms with Gasteiger partial charge in [0.2, 0.25) is 0 Å². The highest BCUT2D eigenvalue weighted by Gasteiger charge is 2.20. The van der Waals surface area contributed by atoms with E-state index in [4.69, 9.17) is 0 Å². The topological polar surface area (TPSA) is 32.3 Å². The van der Waals surface area contributed by atoms with E-state index in [2.05, 4.69) is 27.0 Å². The molecule has 1 N–H and O–H groups in total. The van der Waals surface area contributed by atoms with Crippen molar-refractivity contribution >= 4 is 17.2 Å². The number of nitrogens with zero attached hydrogens (tertiary/aromatic N) is 1. The molecule has 1 fully saturated rings. The van der Waals surface area contributed by atoms with Crippen LogP contribution < -0.4 is 5.32 Å². The van der Waals surface area contributed by atoms with E-state index in [1.165, 1.54) is 17.7 Å². The third-order valence-electron chi connectivity index (χ3n) is 4.33. The van der Waals surface area contributed by atoms with Crippen molar-refractivity contribution in [3.63, 3.8) is 0 Å². The SMILES string of the molecule is O=C(NCC1CCN(Cc2ccsc2)CC1)c1cccc(F)c1. The summed E-state index contributed by atoms with van der Waals surface area (Å²) in [6.07, 6.45) is 2.18. The van der Waals surface area contributed by atoms with Gasteiger partial charge in [0.25, 0.3) is 5.91 Å². The van der Waals surface area contributed by atoms with Gasteiger partial charge in [-0.2, -0.15) is 11.3 Å². The minimum absolute atomic E-state index is 0.190. The molecule has 1 amide bonds. The summed E-state index contributed by atoms with van der Waals surface area (Å²) in [6, 6.07) is 8.00. The number of amides is 1. The second-order valence-electron chi connectivity index (χ2n) is 6.07. The largest absolute Gasteiger partial charge is 0.352 e. The molecular formula is C18H21FN2OS. The van der Waals surface area contributed by atoms with Crippen LogP contribution in [-0.2, 0) is 6.54 Å². The number of hydrogen-bond acceptors (Lipinski definition) is 3. The Morgan fingerprint density at radius 2 is 2.13 bits per heavy atom. The van der Waals surface area contributed by atoms with Crippen molar-refractivity contribution in [2.24, 2.45) is 5.92 Å². The van der Waals surface area contributed by atoms with E-state index in [0.717, 1.165) is 32.5 Å². The van der Waals surface area contributed by atoms with Crippen LogP contribution in [0.15, 0.2) is 41.1 Å². The highest BCUT2D eigenvalue weighted by molar-refractivity contribution is 7.07. The number of piperidine rings is 1. The predicted octanol–water partition coefficient (Wildman–Crippen LogP) is 3.53. The number of thiophene rings is 1. The van der Waals surface area contributed by atoms with Crippen LogP contribution in [-0.4, -0.2) is 30.4 Å². The summed E-state index contributed by atoms with van der Waals surface area (Å²) in [4.78, 5) is 14.5. The van der Waals surface area contributed by atoms with Gasteiger partial charge >= 0.3 is 0 Å². The zero-order valence-corrected chi connectivity index (χ0v) is 13.8. The Morgan fingerprint density at radius 1 is 1.30 bits per heavy atom. The maximum Gasteiger partial charge on any atom is 0.251 e. The van der Waals surface area contributed by atoms with Gasteiger partial charge in [0.05, 0.1) is 0 Å². The number of hydrogen-bond donors (Lipinski definition) is 1. The molecule has 1 aliphatic heterocycles. The van der Waals surface area contributed by atoms with Crippen LogP contribution in [0, 0.1) is 11.7 Å². The summed E-state index contributed by atoms with van der Waals surface area (Å²) < 4.78 is 13.1. The average molecular weight is 332 g/mol. The van der Waals surface area contributed by atoms with E-state index in [-0.39, 0.29) is 11.7 Å². The lowest BCUT2D eigenvalue weighted by Gasteiger charge is -2.31. The molecule has 0 atom stereocenters. The van der Waals surface area contributed by atoms with Crippen molar-refractivity contribution in [3.8, 4) is 0 Å². The van der Waals surface area contributed by atoms with Gasteiger partial charge in [-0.05, 0) is 72.4 Å². The Hall–Kier alpha value is -1.72. The summed E-state index contributed by atoms with van der Waals surface area (Å²) in [5.74, 6) is -0.0594. The first-order valence-corrected chi connectivity index (χ1v) is 8.92. The number of carbonyl (C=O) groups is 1. The molecule has 2 heterocycles. The number of halogens is 1. The van der Waals surface area contributed by atoms with E-state index < -0.39 is 0 Å². The van der Waals surface area contributed by atoms with Gasteiger partial charge in [0, 0.05) is 18.7 Å². The Kier molecular flexibility index (Phi) is 5.41. The standard InChI is InChI=1S/C18H21FN2OS/c19-17-3-1-2-16(10-17)18(22)20-11-14-4-7-21(8-5-14)12-15-6-9-23-13-15/h1-3,6,9-10,13-14H,4-5,7-8,11-12H2,(H,20,22). The van der Waals surface area contributed by atoms with Crippen LogP contribution in [0.3, 0.4) is 0 Å². The van der Waals surface area contributed by atoms with Gasteiger partial charge in [0.15, 0.2) is 0 Å². The predicted molar refractivity (Wildman–Crippen MR) is 91.1 cm³/mol. The molecular weight excluding hydrogens is 311 g/mol. The maximum absolute atomic E-state index is 13.1. The maximum atomic E-state index is 13.1. The van der Waals surface area contributed by atoms with E-state index in [9.17, 15) is 9.18 Å². The van der Waals surface area contributed by atoms with Crippen LogP contribution in [0.2, 0.25) is 0 Å². The molecule has 1 aromatic heterocycles. The molecule has 0 radical (unpaired) electrons. The molecule has 5 heteroatoms. The second kappa shape index (κ2) is 7.70. The molecule has 23 heavy (non-hydrogen) atoms. The van der Waals surface area contributed by atoms with E-state index in [0.29, 0.717) is 18.0 Å². The van der Waals surface area contributed by atoms with E-state index in [1.54, 1.807) is 23.5 Å². The molecule has 122 valence electrons. The molecule has 2 aromatic rings. The molecule has 3 nitrogen and oxygen atoms in total. The zero-order chi connectivity index (χ0) is 16.1. The Morgan fingerprint density at radius 3 is 2.83 bits per heavy atom. The fraction of sp³-hybridized carbons (Fsp3) is 0.389. The molecule has 0 spiro atoms. The molecule has 0 bridgehead atoms. The number of carbonyl (C=O) groups excluding carboxylic acids is 1. The van der Waals surface area contributed by atoms with Crippen molar-refractivity contribution < 1.29 is 9.18 Å². The summed E-state index contributed by atoms with van der Waals surface area (Å²) in [5.41, 5.74) is 1.77. The van der Waals surface area contributed by atoms with Crippen LogP contribution in [0.25, 0.3) is 0 Å². The quantitative estimate of drug-likeness (QED) is 0.908. The molecule has 3 rings (SSSR count). The van der Waals surface area contributed by atoms with Crippen molar-refractivity contribution in [1.29, 1.82) is 0 Å². The normalized spacial score (nSPS) is 16.4. The highest BCUT2D eigenvalue weighted by Crippen LogP contribution is 2.19. The Bertz CT molecular complexity index is 636. The van der Waals surface area contributed by atoms with Gasteiger partial charge in [-0.25, -0.2) is 4.39 Å². The fourth-order valence-electron chi connectivity index (χ4n) is 2.96. The number of rotatable bonds is 5. The first-order valence-electron chi connectivity index (χ1n) is 7.98. The Labute approximate surface area is 140 Å². The zero-order valence-electron chi connectivity index (χ0n) is 13.0. The minimum Gasteiger partial charge on any atom is -0.352 e. The van der Waals surface area contributed by atoms with E-state index in [1.807, 2.05) is 0 Å². The highest BCUT2D eigenvalue weighted by atomic mass is 32.1. The molecule has 0 saturated carbocycles. The third-order valence-corrected chi connectivity index (χ3v) is 5.06. The van der Waals surface area contributed by atoms with Crippen LogP contribution in [0.5, 0.6) is 0 Å². The van der Waals surface area contributed by atoms with Gasteiger partial charge in [0.1, 0.15) is 5.82 Å². The average Bonchev–Trinajstić information content (AvgIpc) is 3.07. The summed E-state index contributed by atoms with van der Waals surface area (Å²) >= 11 is 1.74. The number of likely N-dealkylation sites (tertiary alicyclic amines) is 1. The Balaban J connectivity index is 1.41. The van der Waals surface area contributed by atoms with Crippen molar-refractivity contribution in [2.75, 3.05) is 19.6 Å². The summed E-state index contributed by atoms with van der Waals surface area (Å²) in [6.45, 7) is 3.82.